The number of rotatable bonds is 9. The molecule has 4 rings (SSSR count). The second kappa shape index (κ2) is 15.6. The maximum atomic E-state index is 13.8. The maximum absolute atomic E-state index is 13.8. The standard InChI is InChI=1S/C42H58N2O9/c1-24-18-20-25(21-19-24)30(27-22-43-28-17-15-14-16-26(27)28)44-34-33(53-38(48)42(11,12)13)32(52-37(47)41(8,9)10)31(51-36(46)40(5,6)7)29(50-34)23-49-35(45)39(2,3)4/h14-22,29-34,43-44H,23H2,1-13H3/t29-,30+,31+,32+,33-,34-/m1/s1. The summed E-state index contributed by atoms with van der Waals surface area (Å²) in [5.74, 6) is -2.33. The topological polar surface area (TPSA) is 142 Å². The fourth-order valence-corrected chi connectivity index (χ4v) is 5.49. The number of H-pyrrole nitrogens is 1. The Bertz CT molecular complexity index is 1770. The van der Waals surface area contributed by atoms with Crippen LogP contribution in [0.25, 0.3) is 10.9 Å². The molecule has 1 aliphatic rings. The Hall–Kier alpha value is -4.22. The van der Waals surface area contributed by atoms with Crippen LogP contribution in [0.15, 0.2) is 54.7 Å². The Morgan fingerprint density at radius 2 is 1.17 bits per heavy atom. The third-order valence-corrected chi connectivity index (χ3v) is 8.87. The van der Waals surface area contributed by atoms with Crippen LogP contribution < -0.4 is 5.32 Å². The molecular weight excluding hydrogens is 676 g/mol. The van der Waals surface area contributed by atoms with E-state index in [1.54, 1.807) is 83.1 Å². The molecule has 53 heavy (non-hydrogen) atoms. The predicted octanol–water partition coefficient (Wildman–Crippen LogP) is 7.34. The molecule has 1 aliphatic heterocycles. The van der Waals surface area contributed by atoms with Crippen LogP contribution in [0, 0.1) is 28.6 Å². The van der Waals surface area contributed by atoms with Gasteiger partial charge in [0.25, 0.3) is 0 Å². The molecule has 290 valence electrons. The second-order valence-corrected chi connectivity index (χ2v) is 18.1. The lowest BCUT2D eigenvalue weighted by atomic mass is 9.91. The summed E-state index contributed by atoms with van der Waals surface area (Å²) < 4.78 is 31.2. The minimum Gasteiger partial charge on any atom is -0.462 e. The van der Waals surface area contributed by atoms with E-state index in [0.717, 1.165) is 27.6 Å². The Morgan fingerprint density at radius 1 is 0.679 bits per heavy atom. The number of carbonyl (C=O) groups excluding carboxylic acids is 4. The number of aromatic amines is 1. The van der Waals surface area contributed by atoms with Crippen LogP contribution >= 0.6 is 0 Å². The first-order valence-corrected chi connectivity index (χ1v) is 18.2. The number of aromatic nitrogens is 1. The zero-order valence-electron chi connectivity index (χ0n) is 33.5. The molecule has 1 aromatic heterocycles. The number of hydrogen-bond donors (Lipinski definition) is 2. The average Bonchev–Trinajstić information content (AvgIpc) is 3.47. The van der Waals surface area contributed by atoms with Gasteiger partial charge in [0.15, 0.2) is 24.5 Å². The monoisotopic (exact) mass is 734 g/mol. The average molecular weight is 735 g/mol. The number of ether oxygens (including phenoxy) is 5. The van der Waals surface area contributed by atoms with Crippen molar-refractivity contribution in [2.45, 2.75) is 127 Å². The van der Waals surface area contributed by atoms with Crippen LogP contribution in [0.1, 0.15) is 106 Å². The Labute approximate surface area is 313 Å². The molecule has 0 amide bonds. The largest absolute Gasteiger partial charge is 0.462 e. The van der Waals surface area contributed by atoms with Crippen molar-refractivity contribution in [3.8, 4) is 0 Å². The lowest BCUT2D eigenvalue weighted by Crippen LogP contribution is -2.67. The molecule has 6 atom stereocenters. The van der Waals surface area contributed by atoms with Gasteiger partial charge < -0.3 is 28.7 Å². The molecule has 11 nitrogen and oxygen atoms in total. The number of carbonyl (C=O) groups is 4. The summed E-state index contributed by atoms with van der Waals surface area (Å²) in [5, 5.41) is 4.55. The van der Waals surface area contributed by atoms with E-state index < -0.39 is 82.2 Å². The summed E-state index contributed by atoms with van der Waals surface area (Å²) in [4.78, 5) is 57.6. The smallest absolute Gasteiger partial charge is 0.311 e. The van der Waals surface area contributed by atoms with E-state index in [1.165, 1.54) is 0 Å². The van der Waals surface area contributed by atoms with E-state index >= 15 is 0 Å². The van der Waals surface area contributed by atoms with Crippen LogP contribution in [0.2, 0.25) is 0 Å². The van der Waals surface area contributed by atoms with Gasteiger partial charge in [-0.3, -0.25) is 24.5 Å². The molecule has 0 unspecified atom stereocenters. The minimum atomic E-state index is -1.37. The number of hydrogen-bond acceptors (Lipinski definition) is 10. The first kappa shape index (κ1) is 41.5. The summed E-state index contributed by atoms with van der Waals surface area (Å²) in [6.45, 7) is 22.1. The van der Waals surface area contributed by atoms with Gasteiger partial charge in [-0.05, 0) is 107 Å². The fourth-order valence-electron chi connectivity index (χ4n) is 5.49. The van der Waals surface area contributed by atoms with Crippen molar-refractivity contribution in [3.63, 3.8) is 0 Å². The lowest BCUT2D eigenvalue weighted by molar-refractivity contribution is -0.265. The van der Waals surface area contributed by atoms with Crippen LogP contribution in [0.5, 0.6) is 0 Å². The highest BCUT2D eigenvalue weighted by atomic mass is 16.7. The van der Waals surface area contributed by atoms with E-state index in [4.69, 9.17) is 23.7 Å². The first-order valence-electron chi connectivity index (χ1n) is 18.2. The summed E-state index contributed by atoms with van der Waals surface area (Å²) in [7, 11) is 0. The van der Waals surface area contributed by atoms with Crippen molar-refractivity contribution >= 4 is 34.8 Å². The van der Waals surface area contributed by atoms with Crippen LogP contribution in [0.3, 0.4) is 0 Å². The van der Waals surface area contributed by atoms with E-state index in [0.29, 0.717) is 0 Å². The number of para-hydroxylation sites is 1. The second-order valence-electron chi connectivity index (χ2n) is 18.1. The molecule has 2 aromatic carbocycles. The number of nitrogens with one attached hydrogen (secondary N) is 2. The van der Waals surface area contributed by atoms with E-state index in [2.05, 4.69) is 10.3 Å². The van der Waals surface area contributed by atoms with Gasteiger partial charge >= 0.3 is 23.9 Å². The lowest BCUT2D eigenvalue weighted by Gasteiger charge is -2.47. The van der Waals surface area contributed by atoms with Crippen molar-refractivity contribution in [2.75, 3.05) is 6.61 Å². The zero-order valence-corrected chi connectivity index (χ0v) is 33.5. The molecule has 1 saturated heterocycles. The molecule has 11 heteroatoms. The van der Waals surface area contributed by atoms with Crippen LogP contribution in [-0.4, -0.2) is 66.1 Å². The van der Waals surface area contributed by atoms with E-state index in [9.17, 15) is 19.2 Å². The van der Waals surface area contributed by atoms with E-state index in [-0.39, 0.29) is 6.61 Å². The van der Waals surface area contributed by atoms with Gasteiger partial charge in [-0.2, -0.15) is 0 Å². The number of esters is 4. The van der Waals surface area contributed by atoms with Gasteiger partial charge in [0.1, 0.15) is 12.7 Å². The molecule has 0 radical (unpaired) electrons. The zero-order chi connectivity index (χ0) is 39.7. The summed E-state index contributed by atoms with van der Waals surface area (Å²) in [5.41, 5.74) is -0.0222. The quantitative estimate of drug-likeness (QED) is 0.169. The maximum Gasteiger partial charge on any atom is 0.311 e. The first-order chi connectivity index (χ1) is 24.4. The fraction of sp³-hybridized carbons (Fsp3) is 0.571. The summed E-state index contributed by atoms with van der Waals surface area (Å²) in [6, 6.07) is 15.3. The summed E-state index contributed by atoms with van der Waals surface area (Å²) in [6.07, 6.45) is -4.42. The van der Waals surface area contributed by atoms with Crippen molar-refractivity contribution < 1.29 is 42.9 Å². The van der Waals surface area contributed by atoms with Crippen LogP contribution in [-0.2, 0) is 42.9 Å². The molecule has 0 bridgehead atoms. The number of benzene rings is 2. The molecule has 1 fully saturated rings. The highest BCUT2D eigenvalue weighted by Gasteiger charge is 2.55. The van der Waals surface area contributed by atoms with E-state index in [1.807, 2.05) is 61.7 Å². The minimum absolute atomic E-state index is 0.345. The molecule has 0 aliphatic carbocycles. The third kappa shape index (κ3) is 10.3. The van der Waals surface area contributed by atoms with Crippen LogP contribution in [0.4, 0.5) is 0 Å². The van der Waals surface area contributed by atoms with Crippen molar-refractivity contribution in [1.29, 1.82) is 0 Å². The van der Waals surface area contributed by atoms with Crippen molar-refractivity contribution in [2.24, 2.45) is 21.7 Å². The van der Waals surface area contributed by atoms with Gasteiger partial charge in [0.05, 0.1) is 27.7 Å². The normalized spacial score (nSPS) is 21.8. The molecule has 3 aromatic rings. The van der Waals surface area contributed by atoms with Crippen molar-refractivity contribution in [3.05, 3.63) is 71.4 Å². The molecule has 0 spiro atoms. The van der Waals surface area contributed by atoms with Gasteiger partial charge in [0, 0.05) is 17.1 Å². The number of fused-ring (bicyclic) bond motifs is 1. The predicted molar refractivity (Wildman–Crippen MR) is 202 cm³/mol. The molecular formula is C42H58N2O9. The highest BCUT2D eigenvalue weighted by Crippen LogP contribution is 2.36. The molecule has 2 N–H and O–H groups in total. The third-order valence-electron chi connectivity index (χ3n) is 8.87. The van der Waals surface area contributed by atoms with Gasteiger partial charge in [-0.25, -0.2) is 0 Å². The highest BCUT2D eigenvalue weighted by molar-refractivity contribution is 5.84. The van der Waals surface area contributed by atoms with Gasteiger partial charge in [-0.15, -0.1) is 0 Å². The molecule has 0 saturated carbocycles. The number of aryl methyl sites for hydroxylation is 1. The Morgan fingerprint density at radius 3 is 1.70 bits per heavy atom. The molecule has 2 heterocycles. The SMILES string of the molecule is Cc1ccc([C@H](N[C@@H]2O[C@H](COC(=O)C(C)(C)C)[C@H](OC(=O)C(C)(C)C)[C@H](OC(=O)C(C)(C)C)[C@H]2OC(=O)C(C)(C)C)c2c[nH]c3ccccc23)cc1. The van der Waals surface area contributed by atoms with Crippen molar-refractivity contribution in [1.82, 2.24) is 10.3 Å². The Kier molecular flexibility index (Phi) is 12.3. The Balaban J connectivity index is 1.93. The van der Waals surface area contributed by atoms with Gasteiger partial charge in [0.2, 0.25) is 0 Å². The summed E-state index contributed by atoms with van der Waals surface area (Å²) >= 11 is 0. The van der Waals surface area contributed by atoms with Gasteiger partial charge in [-0.1, -0.05) is 48.0 Å².